The van der Waals surface area contributed by atoms with E-state index in [4.69, 9.17) is 0 Å². The fourth-order valence-electron chi connectivity index (χ4n) is 3.36. The monoisotopic (exact) mass is 362 g/mol. The number of rotatable bonds is 7. The van der Waals surface area contributed by atoms with Crippen LogP contribution in [0.5, 0.6) is 0 Å². The molecule has 7 heteroatoms. The average molecular weight is 362 g/mol. The van der Waals surface area contributed by atoms with Crippen LogP contribution in [0.15, 0.2) is 41.7 Å². The van der Waals surface area contributed by atoms with Crippen molar-refractivity contribution in [2.75, 3.05) is 25.9 Å². The molecule has 1 aliphatic heterocycles. The summed E-state index contributed by atoms with van der Waals surface area (Å²) in [5, 5.41) is 3.61. The maximum absolute atomic E-state index is 11.9. The second kappa shape index (κ2) is 8.12. The SMILES string of the molecule is CS(=O)(=O)c1ccccc1CN1CCC(NCCc2cnc[nH]2)CC1. The molecule has 6 nitrogen and oxygen atoms in total. The standard InChI is InChI=1S/C18H26N4O2S/c1-25(23,24)18-5-3-2-4-15(18)13-22-10-7-16(8-11-22)20-9-6-17-12-19-14-21-17/h2-5,12,14,16,20H,6-11,13H2,1H3,(H,19,21). The largest absolute Gasteiger partial charge is 0.348 e. The average Bonchev–Trinajstić information content (AvgIpc) is 3.09. The number of nitrogens with zero attached hydrogens (tertiary/aromatic N) is 2. The van der Waals surface area contributed by atoms with Crippen molar-refractivity contribution in [3.05, 3.63) is 48.0 Å². The summed E-state index contributed by atoms with van der Waals surface area (Å²) in [4.78, 5) is 9.94. The van der Waals surface area contributed by atoms with E-state index < -0.39 is 9.84 Å². The van der Waals surface area contributed by atoms with E-state index >= 15 is 0 Å². The molecule has 0 spiro atoms. The van der Waals surface area contributed by atoms with Crippen molar-refractivity contribution >= 4 is 9.84 Å². The minimum absolute atomic E-state index is 0.454. The minimum atomic E-state index is -3.18. The second-order valence-corrected chi connectivity index (χ2v) is 8.70. The Morgan fingerprint density at radius 3 is 2.72 bits per heavy atom. The number of piperidine rings is 1. The number of benzene rings is 1. The zero-order valence-corrected chi connectivity index (χ0v) is 15.4. The zero-order chi connectivity index (χ0) is 17.7. The molecule has 2 heterocycles. The molecule has 0 atom stereocenters. The Bertz CT molecular complexity index is 766. The summed E-state index contributed by atoms with van der Waals surface area (Å²) >= 11 is 0. The van der Waals surface area contributed by atoms with Crippen molar-refractivity contribution in [3.63, 3.8) is 0 Å². The van der Waals surface area contributed by atoms with Crippen LogP contribution in [0.3, 0.4) is 0 Å². The van der Waals surface area contributed by atoms with Crippen LogP contribution in [0.4, 0.5) is 0 Å². The lowest BCUT2D eigenvalue weighted by molar-refractivity contribution is 0.190. The van der Waals surface area contributed by atoms with Crippen LogP contribution < -0.4 is 5.32 Å². The van der Waals surface area contributed by atoms with Crippen LogP contribution in [-0.2, 0) is 22.8 Å². The molecular formula is C18H26N4O2S. The van der Waals surface area contributed by atoms with Crippen molar-refractivity contribution in [1.82, 2.24) is 20.2 Å². The van der Waals surface area contributed by atoms with Gasteiger partial charge in [-0.05, 0) is 37.6 Å². The van der Waals surface area contributed by atoms with Gasteiger partial charge in [0, 0.05) is 43.7 Å². The van der Waals surface area contributed by atoms with Crippen molar-refractivity contribution in [2.24, 2.45) is 0 Å². The first-order chi connectivity index (χ1) is 12.0. The second-order valence-electron chi connectivity index (χ2n) is 6.71. The van der Waals surface area contributed by atoms with Gasteiger partial charge in [0.1, 0.15) is 0 Å². The van der Waals surface area contributed by atoms with Crippen LogP contribution in [0, 0.1) is 0 Å². The fraction of sp³-hybridized carbons (Fsp3) is 0.500. The minimum Gasteiger partial charge on any atom is -0.348 e. The normalized spacial score (nSPS) is 17.0. The number of imidazole rings is 1. The number of hydrogen-bond acceptors (Lipinski definition) is 5. The highest BCUT2D eigenvalue weighted by atomic mass is 32.2. The Morgan fingerprint density at radius 1 is 1.28 bits per heavy atom. The van der Waals surface area contributed by atoms with E-state index in [1.807, 2.05) is 18.3 Å². The van der Waals surface area contributed by atoms with Crippen molar-refractivity contribution in [2.45, 2.75) is 36.7 Å². The molecule has 3 rings (SSSR count). The van der Waals surface area contributed by atoms with Crippen LogP contribution in [-0.4, -0.2) is 55.2 Å². The predicted octanol–water partition coefficient (Wildman–Crippen LogP) is 1.61. The van der Waals surface area contributed by atoms with Gasteiger partial charge in [-0.2, -0.15) is 0 Å². The lowest BCUT2D eigenvalue weighted by atomic mass is 10.0. The van der Waals surface area contributed by atoms with Gasteiger partial charge in [-0.3, -0.25) is 4.90 Å². The third-order valence-electron chi connectivity index (χ3n) is 4.74. The van der Waals surface area contributed by atoms with Gasteiger partial charge in [0.2, 0.25) is 0 Å². The molecule has 1 fully saturated rings. The molecule has 0 radical (unpaired) electrons. The quantitative estimate of drug-likeness (QED) is 0.782. The Morgan fingerprint density at radius 2 is 2.04 bits per heavy atom. The van der Waals surface area contributed by atoms with E-state index in [9.17, 15) is 8.42 Å². The van der Waals surface area contributed by atoms with E-state index in [2.05, 4.69) is 20.2 Å². The van der Waals surface area contributed by atoms with Crippen LogP contribution >= 0.6 is 0 Å². The van der Waals surface area contributed by atoms with Gasteiger partial charge >= 0.3 is 0 Å². The Kier molecular flexibility index (Phi) is 5.88. The molecule has 2 N–H and O–H groups in total. The molecule has 1 aromatic carbocycles. The molecule has 1 aliphatic rings. The molecule has 1 saturated heterocycles. The summed E-state index contributed by atoms with van der Waals surface area (Å²) in [7, 11) is -3.18. The lowest BCUT2D eigenvalue weighted by Gasteiger charge is -2.32. The number of nitrogens with one attached hydrogen (secondary N) is 2. The van der Waals surface area contributed by atoms with Gasteiger partial charge in [-0.1, -0.05) is 18.2 Å². The van der Waals surface area contributed by atoms with Crippen LogP contribution in [0.2, 0.25) is 0 Å². The molecule has 136 valence electrons. The Hall–Kier alpha value is -1.70. The van der Waals surface area contributed by atoms with Gasteiger partial charge in [0.05, 0.1) is 11.2 Å². The summed E-state index contributed by atoms with van der Waals surface area (Å²) in [6, 6.07) is 7.85. The number of H-pyrrole nitrogens is 1. The summed E-state index contributed by atoms with van der Waals surface area (Å²) < 4.78 is 23.9. The lowest BCUT2D eigenvalue weighted by Crippen LogP contribution is -2.42. The highest BCUT2D eigenvalue weighted by Crippen LogP contribution is 2.20. The van der Waals surface area contributed by atoms with E-state index in [-0.39, 0.29) is 0 Å². The van der Waals surface area contributed by atoms with Gasteiger partial charge in [-0.15, -0.1) is 0 Å². The summed E-state index contributed by atoms with van der Waals surface area (Å²) in [5.74, 6) is 0. The molecule has 0 aliphatic carbocycles. The highest BCUT2D eigenvalue weighted by molar-refractivity contribution is 7.90. The molecular weight excluding hydrogens is 336 g/mol. The molecule has 25 heavy (non-hydrogen) atoms. The fourth-order valence-corrected chi connectivity index (χ4v) is 4.30. The summed E-state index contributed by atoms with van der Waals surface area (Å²) in [6.45, 7) is 3.62. The van der Waals surface area contributed by atoms with Crippen molar-refractivity contribution < 1.29 is 8.42 Å². The van der Waals surface area contributed by atoms with Gasteiger partial charge < -0.3 is 10.3 Å². The molecule has 2 aromatic rings. The number of aromatic amines is 1. The first-order valence-electron chi connectivity index (χ1n) is 8.73. The maximum Gasteiger partial charge on any atom is 0.175 e. The van der Waals surface area contributed by atoms with E-state index in [0.29, 0.717) is 17.5 Å². The maximum atomic E-state index is 11.9. The van der Waals surface area contributed by atoms with Gasteiger partial charge in [-0.25, -0.2) is 13.4 Å². The smallest absolute Gasteiger partial charge is 0.175 e. The molecule has 0 unspecified atom stereocenters. The van der Waals surface area contributed by atoms with E-state index in [1.54, 1.807) is 18.5 Å². The van der Waals surface area contributed by atoms with Crippen LogP contribution in [0.25, 0.3) is 0 Å². The predicted molar refractivity (Wildman–Crippen MR) is 98.1 cm³/mol. The first kappa shape index (κ1) is 18.1. The third-order valence-corrected chi connectivity index (χ3v) is 5.93. The third kappa shape index (κ3) is 5.14. The van der Waals surface area contributed by atoms with Gasteiger partial charge in [0.25, 0.3) is 0 Å². The molecule has 0 bridgehead atoms. The number of aromatic nitrogens is 2. The van der Waals surface area contributed by atoms with E-state index in [1.165, 1.54) is 6.26 Å². The Balaban J connectivity index is 1.47. The summed E-state index contributed by atoms with van der Waals surface area (Å²) in [6.07, 6.45) is 7.99. The molecule has 0 amide bonds. The Labute approximate surface area is 149 Å². The zero-order valence-electron chi connectivity index (χ0n) is 14.6. The topological polar surface area (TPSA) is 78.1 Å². The molecule has 0 saturated carbocycles. The molecule has 1 aromatic heterocycles. The van der Waals surface area contributed by atoms with Gasteiger partial charge in [0.15, 0.2) is 9.84 Å². The van der Waals surface area contributed by atoms with Crippen LogP contribution in [0.1, 0.15) is 24.1 Å². The summed E-state index contributed by atoms with van der Waals surface area (Å²) in [5.41, 5.74) is 2.05. The van der Waals surface area contributed by atoms with E-state index in [0.717, 1.165) is 50.2 Å². The number of likely N-dealkylation sites (tertiary alicyclic amines) is 1. The number of hydrogen-bond donors (Lipinski definition) is 2. The van der Waals surface area contributed by atoms with Crippen molar-refractivity contribution in [1.29, 1.82) is 0 Å². The van der Waals surface area contributed by atoms with Crippen molar-refractivity contribution in [3.8, 4) is 0 Å². The first-order valence-corrected chi connectivity index (χ1v) is 10.6. The number of sulfone groups is 1. The highest BCUT2D eigenvalue weighted by Gasteiger charge is 2.21.